The van der Waals surface area contributed by atoms with E-state index in [1.54, 1.807) is 0 Å². The Morgan fingerprint density at radius 2 is 0.783 bits per heavy atom. The average molecular weight is 411 g/mol. The van der Waals surface area contributed by atoms with Gasteiger partial charge in [-0.05, 0) is 0 Å². The fourth-order valence-electron chi connectivity index (χ4n) is 3.14. The molecule has 0 N–H and O–H groups in total. The molecule has 23 heavy (non-hydrogen) atoms. The van der Waals surface area contributed by atoms with Crippen molar-refractivity contribution in [1.82, 2.24) is 0 Å². The molecule has 0 saturated carbocycles. The van der Waals surface area contributed by atoms with Gasteiger partial charge in [0.1, 0.15) is 0 Å². The van der Waals surface area contributed by atoms with Crippen molar-refractivity contribution in [3.63, 3.8) is 0 Å². The Balaban J connectivity index is 2.41. The normalized spacial score (nSPS) is 11.4. The van der Waals surface area contributed by atoms with Gasteiger partial charge in [-0.2, -0.15) is 0 Å². The first-order chi connectivity index (χ1) is 11.0. The van der Waals surface area contributed by atoms with Crippen molar-refractivity contribution in [3.8, 4) is 0 Å². The number of hydrogen-bond acceptors (Lipinski definition) is 1. The van der Waals surface area contributed by atoms with E-state index in [0.29, 0.717) is 0 Å². The summed E-state index contributed by atoms with van der Waals surface area (Å²) in [5, 5.41) is 0. The van der Waals surface area contributed by atoms with E-state index in [1.807, 2.05) is 54.6 Å². The van der Waals surface area contributed by atoms with Gasteiger partial charge in [0.15, 0.2) is 0 Å². The van der Waals surface area contributed by atoms with Gasteiger partial charge in [-0.1, -0.05) is 0 Å². The van der Waals surface area contributed by atoms with Crippen LogP contribution in [0.1, 0.15) is 16.7 Å². The number of rotatable bonds is 3. The summed E-state index contributed by atoms with van der Waals surface area (Å²) in [6.45, 7) is 6.19. The summed E-state index contributed by atoms with van der Waals surface area (Å²) in [6.07, 6.45) is 0. The second kappa shape index (κ2) is 6.41. The molecule has 3 aromatic rings. The average Bonchev–Trinajstić information content (AvgIpc) is 2.55. The van der Waals surface area contributed by atoms with Crippen LogP contribution in [-0.2, 0) is 3.02 Å². The molecule has 116 valence electrons. The molecule has 2 heteroatoms. The summed E-state index contributed by atoms with van der Waals surface area (Å²) in [5.74, 6) is 0. The van der Waals surface area contributed by atoms with Gasteiger partial charge in [-0.3, -0.25) is 0 Å². The van der Waals surface area contributed by atoms with Crippen LogP contribution in [0.4, 0.5) is 0 Å². The van der Waals surface area contributed by atoms with Gasteiger partial charge in [0.25, 0.3) is 0 Å². The molecule has 0 atom stereocenters. The fourth-order valence-corrected chi connectivity index (χ4v) is 12.8. The van der Waals surface area contributed by atoms with Crippen molar-refractivity contribution in [2.24, 2.45) is 0 Å². The Hall–Kier alpha value is -1.72. The summed E-state index contributed by atoms with van der Waals surface area (Å²) in [7, 11) is 0. The molecule has 0 fully saturated rings. The van der Waals surface area contributed by atoms with Crippen LogP contribution in [-0.4, -0.2) is 18.8 Å². The third-order valence-electron chi connectivity index (χ3n) is 4.36. The van der Waals surface area contributed by atoms with Gasteiger partial charge in [0.2, 0.25) is 0 Å². The van der Waals surface area contributed by atoms with Crippen LogP contribution >= 0.6 is 0 Å². The molecule has 0 aliphatic heterocycles. The van der Waals surface area contributed by atoms with E-state index in [2.05, 4.69) is 39.0 Å². The standard InChI is InChI=1S/3C7H7.O.Sb/c3*1-7-5-3-2-4-6-7;;/h3*2-5H,1H3;;. The molecule has 0 aromatic heterocycles. The quantitative estimate of drug-likeness (QED) is 0.606. The molecular weight excluding hydrogens is 390 g/mol. The summed E-state index contributed by atoms with van der Waals surface area (Å²) >= 11 is -4.08. The third kappa shape index (κ3) is 2.79. The van der Waals surface area contributed by atoms with Crippen molar-refractivity contribution < 1.29 is 3.02 Å². The first-order valence-corrected chi connectivity index (χ1v) is 12.7. The molecule has 0 spiro atoms. The van der Waals surface area contributed by atoms with Crippen LogP contribution in [0.2, 0.25) is 0 Å². The van der Waals surface area contributed by atoms with Crippen molar-refractivity contribution in [2.75, 3.05) is 0 Å². The van der Waals surface area contributed by atoms with Crippen molar-refractivity contribution in [2.45, 2.75) is 20.8 Å². The summed E-state index contributed by atoms with van der Waals surface area (Å²) in [5.41, 5.74) is 3.33. The van der Waals surface area contributed by atoms with Gasteiger partial charge in [0.05, 0.1) is 0 Å². The van der Waals surface area contributed by atoms with Gasteiger partial charge >= 0.3 is 143 Å². The molecule has 3 aromatic carbocycles. The maximum atomic E-state index is 14.6. The number of hydrogen-bond donors (Lipinski definition) is 0. The first-order valence-electron chi connectivity index (χ1n) is 7.84. The van der Waals surface area contributed by atoms with Crippen LogP contribution in [0.25, 0.3) is 0 Å². The molecule has 0 amide bonds. The predicted molar refractivity (Wildman–Crippen MR) is 98.9 cm³/mol. The van der Waals surface area contributed by atoms with Gasteiger partial charge in [-0.25, -0.2) is 0 Å². The first kappa shape index (κ1) is 16.1. The van der Waals surface area contributed by atoms with E-state index in [4.69, 9.17) is 0 Å². The summed E-state index contributed by atoms with van der Waals surface area (Å²) in [6, 6.07) is 24.4. The topological polar surface area (TPSA) is 17.1 Å². The van der Waals surface area contributed by atoms with E-state index >= 15 is 0 Å². The maximum absolute atomic E-state index is 14.6. The third-order valence-corrected chi connectivity index (χ3v) is 14.5. The predicted octanol–water partition coefficient (Wildman–Crippen LogP) is 3.01. The van der Waals surface area contributed by atoms with E-state index in [0.717, 1.165) is 27.2 Å². The number of benzene rings is 3. The molecule has 0 aliphatic rings. The Kier molecular flexibility index (Phi) is 4.50. The van der Waals surface area contributed by atoms with Crippen LogP contribution < -0.4 is 10.5 Å². The van der Waals surface area contributed by atoms with Crippen molar-refractivity contribution >= 4 is 29.3 Å². The van der Waals surface area contributed by atoms with E-state index < -0.39 is 18.8 Å². The van der Waals surface area contributed by atoms with E-state index in [1.165, 1.54) is 0 Å². The van der Waals surface area contributed by atoms with Gasteiger partial charge < -0.3 is 0 Å². The van der Waals surface area contributed by atoms with Crippen LogP contribution in [0.5, 0.6) is 0 Å². The molecule has 1 nitrogen and oxygen atoms in total. The number of aryl methyl sites for hydroxylation is 3. The molecule has 0 radical (unpaired) electrons. The molecule has 0 unspecified atom stereocenters. The zero-order valence-electron chi connectivity index (χ0n) is 13.8. The fraction of sp³-hybridized carbons (Fsp3) is 0.143. The Morgan fingerprint density at radius 1 is 0.522 bits per heavy atom. The minimum absolute atomic E-state index is 1.02. The monoisotopic (exact) mass is 410 g/mol. The second-order valence-corrected chi connectivity index (χ2v) is 13.6. The molecular formula is C21H21OSb. The Bertz CT molecular complexity index is 778. The van der Waals surface area contributed by atoms with E-state index in [9.17, 15) is 3.02 Å². The zero-order chi connectivity index (χ0) is 16.4. The molecule has 0 aliphatic carbocycles. The molecule has 0 heterocycles. The second-order valence-electron chi connectivity index (χ2n) is 5.97. The van der Waals surface area contributed by atoms with E-state index in [-0.39, 0.29) is 0 Å². The molecule has 0 bridgehead atoms. The Labute approximate surface area is 142 Å². The van der Waals surface area contributed by atoms with Crippen LogP contribution in [0.3, 0.4) is 0 Å². The van der Waals surface area contributed by atoms with Gasteiger partial charge in [-0.15, -0.1) is 0 Å². The van der Waals surface area contributed by atoms with Crippen LogP contribution in [0.15, 0.2) is 72.8 Å². The Morgan fingerprint density at radius 3 is 1.04 bits per heavy atom. The van der Waals surface area contributed by atoms with Crippen molar-refractivity contribution in [3.05, 3.63) is 89.5 Å². The van der Waals surface area contributed by atoms with Gasteiger partial charge in [0, 0.05) is 0 Å². The minimum atomic E-state index is -4.08. The van der Waals surface area contributed by atoms with Crippen molar-refractivity contribution in [1.29, 1.82) is 0 Å². The summed E-state index contributed by atoms with van der Waals surface area (Å²) < 4.78 is 17.6. The summed E-state index contributed by atoms with van der Waals surface area (Å²) in [4.78, 5) is 0. The zero-order valence-corrected chi connectivity index (χ0v) is 16.3. The van der Waals surface area contributed by atoms with Crippen LogP contribution in [0, 0.1) is 20.8 Å². The molecule has 3 rings (SSSR count). The molecule has 0 saturated heterocycles. The SMILES string of the molecule is Cc1cccc[c]1[Sb](=[O])([c]1ccccc1C)[c]1ccccc1C.